The molecule has 0 radical (unpaired) electrons. The van der Waals surface area contributed by atoms with E-state index in [1.54, 1.807) is 0 Å². The van der Waals surface area contributed by atoms with Gasteiger partial charge < -0.3 is 9.25 Å². The van der Waals surface area contributed by atoms with E-state index in [0.717, 1.165) is 12.4 Å². The lowest BCUT2D eigenvalue weighted by atomic mass is 10.4. The van der Waals surface area contributed by atoms with Crippen LogP contribution in [-0.2, 0) is 14.7 Å². The van der Waals surface area contributed by atoms with Gasteiger partial charge in [-0.25, -0.2) is 17.8 Å². The quantitative estimate of drug-likeness (QED) is 0.591. The van der Waals surface area contributed by atoms with Crippen LogP contribution < -0.4 is 0 Å². The Labute approximate surface area is 106 Å². The van der Waals surface area contributed by atoms with Crippen molar-refractivity contribution >= 4 is 16.1 Å². The molecule has 6 nitrogen and oxygen atoms in total. The van der Waals surface area contributed by atoms with Crippen molar-refractivity contribution in [1.29, 1.82) is 0 Å². The fourth-order valence-corrected chi connectivity index (χ4v) is 2.04. The number of allylic oxidation sites excluding steroid dienone is 1. The van der Waals surface area contributed by atoms with Crippen LogP contribution in [0, 0.1) is 0 Å². The first kappa shape index (κ1) is 15.2. The monoisotopic (exact) mass is 298 g/mol. The summed E-state index contributed by atoms with van der Waals surface area (Å²) in [6.45, 7) is 0. The van der Waals surface area contributed by atoms with Crippen LogP contribution in [0.25, 0.3) is 0 Å². The van der Waals surface area contributed by atoms with Gasteiger partial charge in [0.05, 0.1) is 11.9 Å². The molecule has 0 aromatic carbocycles. The van der Waals surface area contributed by atoms with E-state index >= 15 is 0 Å². The first-order valence-corrected chi connectivity index (χ1v) is 6.47. The highest BCUT2D eigenvalue weighted by Gasteiger charge is 2.22. The summed E-state index contributed by atoms with van der Waals surface area (Å²) in [6.07, 6.45) is -1.38. The first-order chi connectivity index (χ1) is 8.86. The predicted molar refractivity (Wildman–Crippen MR) is 58.1 cm³/mol. The standard InChI is InChI=1S/C9H9F3N2O4S/c1-17-14-5-6-4-13-9(18-6)19(15,16)3-2-7(10)8(11)12/h4-5H,2-3H2,1H3/b14-5-. The second kappa shape index (κ2) is 6.36. The van der Waals surface area contributed by atoms with E-state index in [9.17, 15) is 21.6 Å². The van der Waals surface area contributed by atoms with Crippen molar-refractivity contribution in [2.75, 3.05) is 12.9 Å². The van der Waals surface area contributed by atoms with Crippen LogP contribution >= 0.6 is 0 Å². The van der Waals surface area contributed by atoms with E-state index in [-0.39, 0.29) is 5.76 Å². The third kappa shape index (κ3) is 4.39. The van der Waals surface area contributed by atoms with Crippen LogP contribution in [0.4, 0.5) is 13.2 Å². The van der Waals surface area contributed by atoms with Gasteiger partial charge in [-0.3, -0.25) is 0 Å². The van der Waals surface area contributed by atoms with Crippen LogP contribution in [-0.4, -0.2) is 32.5 Å². The fraction of sp³-hybridized carbons (Fsp3) is 0.333. The minimum atomic E-state index is -4.08. The second-order valence-electron chi connectivity index (χ2n) is 3.18. The van der Waals surface area contributed by atoms with Crippen molar-refractivity contribution in [1.82, 2.24) is 4.98 Å². The molecule has 0 saturated heterocycles. The van der Waals surface area contributed by atoms with Gasteiger partial charge in [-0.05, 0) is 0 Å². The van der Waals surface area contributed by atoms with Crippen LogP contribution in [0.2, 0.25) is 0 Å². The fourth-order valence-electron chi connectivity index (χ4n) is 0.984. The van der Waals surface area contributed by atoms with E-state index in [1.165, 1.54) is 7.11 Å². The minimum absolute atomic E-state index is 0.00638. The zero-order chi connectivity index (χ0) is 14.5. The van der Waals surface area contributed by atoms with E-state index < -0.39 is 39.1 Å². The molecule has 0 aliphatic rings. The van der Waals surface area contributed by atoms with Gasteiger partial charge in [-0.15, -0.1) is 0 Å². The van der Waals surface area contributed by atoms with Crippen LogP contribution in [0.5, 0.6) is 0 Å². The summed E-state index contributed by atoms with van der Waals surface area (Å²) in [5, 5.41) is 2.62. The third-order valence-electron chi connectivity index (χ3n) is 1.85. The molecule has 0 N–H and O–H groups in total. The van der Waals surface area contributed by atoms with E-state index in [0.29, 0.717) is 0 Å². The minimum Gasteiger partial charge on any atom is -0.427 e. The topological polar surface area (TPSA) is 81.8 Å². The van der Waals surface area contributed by atoms with Crippen LogP contribution in [0.15, 0.2) is 32.9 Å². The van der Waals surface area contributed by atoms with Crippen molar-refractivity contribution in [3.63, 3.8) is 0 Å². The van der Waals surface area contributed by atoms with Gasteiger partial charge in [-0.2, -0.15) is 8.78 Å². The molecule has 1 aromatic heterocycles. The maximum Gasteiger partial charge on any atom is 0.315 e. The number of oxazole rings is 1. The van der Waals surface area contributed by atoms with Gasteiger partial charge in [0.15, 0.2) is 11.6 Å². The number of halogens is 3. The van der Waals surface area contributed by atoms with Gasteiger partial charge in [0.2, 0.25) is 9.84 Å². The number of oxime groups is 1. The third-order valence-corrected chi connectivity index (χ3v) is 3.31. The smallest absolute Gasteiger partial charge is 0.315 e. The molecule has 19 heavy (non-hydrogen) atoms. The number of rotatable bonds is 6. The maximum absolute atomic E-state index is 12.5. The van der Waals surface area contributed by atoms with Gasteiger partial charge >= 0.3 is 11.3 Å². The van der Waals surface area contributed by atoms with Crippen molar-refractivity contribution in [3.8, 4) is 0 Å². The summed E-state index contributed by atoms with van der Waals surface area (Å²) < 4.78 is 64.0. The number of aromatic nitrogens is 1. The second-order valence-corrected chi connectivity index (χ2v) is 5.17. The number of nitrogens with zero attached hydrogens (tertiary/aromatic N) is 2. The van der Waals surface area contributed by atoms with Crippen LogP contribution in [0.3, 0.4) is 0 Å². The molecule has 106 valence electrons. The molecule has 1 aromatic rings. The Morgan fingerprint density at radius 1 is 1.53 bits per heavy atom. The predicted octanol–water partition coefficient (Wildman–Crippen LogP) is 1.90. The summed E-state index contributed by atoms with van der Waals surface area (Å²) in [5.74, 6) is -2.67. The SMILES string of the molecule is CO/N=C\c1cnc(S(=O)(=O)CCC(F)=C(F)F)o1. The first-order valence-electron chi connectivity index (χ1n) is 4.81. The molecule has 0 bridgehead atoms. The Bertz CT molecular complexity index is 590. The highest BCUT2D eigenvalue weighted by atomic mass is 32.2. The Balaban J connectivity index is 2.81. The Kier molecular flexibility index (Phi) is 5.10. The lowest BCUT2D eigenvalue weighted by Gasteiger charge is -1.97. The van der Waals surface area contributed by atoms with Gasteiger partial charge in [0, 0.05) is 6.42 Å². The maximum atomic E-state index is 12.5. The summed E-state index contributed by atoms with van der Waals surface area (Å²) in [4.78, 5) is 7.78. The lowest BCUT2D eigenvalue weighted by molar-refractivity contribution is 0.214. The number of sulfone groups is 1. The molecule has 0 spiro atoms. The van der Waals surface area contributed by atoms with E-state index in [1.807, 2.05) is 0 Å². The average Bonchev–Trinajstić information content (AvgIpc) is 2.82. The zero-order valence-corrected chi connectivity index (χ0v) is 10.5. The summed E-state index contributed by atoms with van der Waals surface area (Å²) >= 11 is 0. The van der Waals surface area contributed by atoms with Crippen molar-refractivity contribution in [2.24, 2.45) is 5.16 Å². The van der Waals surface area contributed by atoms with Crippen molar-refractivity contribution in [2.45, 2.75) is 11.6 Å². The van der Waals surface area contributed by atoms with Gasteiger partial charge in [0.1, 0.15) is 13.3 Å². The molecule has 0 aliphatic carbocycles. The normalized spacial score (nSPS) is 11.8. The molecule has 1 heterocycles. The summed E-state index contributed by atoms with van der Waals surface area (Å²) in [6, 6.07) is 0. The summed E-state index contributed by atoms with van der Waals surface area (Å²) in [5.41, 5.74) is 0. The van der Waals surface area contributed by atoms with Crippen molar-refractivity contribution in [3.05, 3.63) is 23.9 Å². The Morgan fingerprint density at radius 3 is 2.79 bits per heavy atom. The molecular weight excluding hydrogens is 289 g/mol. The van der Waals surface area contributed by atoms with Gasteiger partial charge in [0.25, 0.3) is 0 Å². The van der Waals surface area contributed by atoms with Crippen LogP contribution in [0.1, 0.15) is 12.2 Å². The molecule has 1 rings (SSSR count). The van der Waals surface area contributed by atoms with E-state index in [4.69, 9.17) is 4.42 Å². The Hall–Kier alpha value is -1.84. The summed E-state index contributed by atoms with van der Waals surface area (Å²) in [7, 11) is -2.81. The molecule has 0 atom stereocenters. The number of hydrogen-bond acceptors (Lipinski definition) is 6. The Morgan fingerprint density at radius 2 is 2.21 bits per heavy atom. The van der Waals surface area contributed by atoms with Gasteiger partial charge in [-0.1, -0.05) is 5.16 Å². The van der Waals surface area contributed by atoms with Crippen molar-refractivity contribution < 1.29 is 30.8 Å². The molecule has 10 heteroatoms. The highest BCUT2D eigenvalue weighted by molar-refractivity contribution is 7.91. The molecule has 0 fully saturated rings. The molecule has 0 unspecified atom stereocenters. The zero-order valence-electron chi connectivity index (χ0n) is 9.64. The highest BCUT2D eigenvalue weighted by Crippen LogP contribution is 2.17. The molecule has 0 saturated carbocycles. The number of hydrogen-bond donors (Lipinski definition) is 0. The molecular formula is C9H9F3N2O4S. The molecule has 0 aliphatic heterocycles. The lowest BCUT2D eigenvalue weighted by Crippen LogP contribution is -2.07. The molecule has 0 amide bonds. The van der Waals surface area contributed by atoms with E-state index in [2.05, 4.69) is 15.0 Å². The average molecular weight is 298 g/mol. The largest absolute Gasteiger partial charge is 0.427 e.